The number of benzene rings is 2. The summed E-state index contributed by atoms with van der Waals surface area (Å²) < 4.78 is 11.5. The summed E-state index contributed by atoms with van der Waals surface area (Å²) in [6.45, 7) is 2.43. The average molecular weight is 461 g/mol. The Hall–Kier alpha value is -2.71. The second-order valence-corrected chi connectivity index (χ2v) is 7.07. The SMILES string of the molecule is CCOc1ccc(N2C(=O)/C(=C\c3cc(Br)ccc3OC)C(=O)NC2=S)cc1. The molecule has 1 heterocycles. The van der Waals surface area contributed by atoms with Crippen LogP contribution < -0.4 is 19.7 Å². The van der Waals surface area contributed by atoms with E-state index >= 15 is 0 Å². The zero-order valence-corrected chi connectivity index (χ0v) is 17.6. The Kier molecular flexibility index (Phi) is 6.11. The lowest BCUT2D eigenvalue weighted by Gasteiger charge is -2.29. The van der Waals surface area contributed by atoms with Gasteiger partial charge in [-0.05, 0) is 67.7 Å². The van der Waals surface area contributed by atoms with Crippen LogP contribution in [-0.4, -0.2) is 30.6 Å². The van der Waals surface area contributed by atoms with E-state index in [1.165, 1.54) is 18.1 Å². The zero-order valence-electron chi connectivity index (χ0n) is 15.2. The molecule has 0 spiro atoms. The summed E-state index contributed by atoms with van der Waals surface area (Å²) in [4.78, 5) is 26.8. The minimum absolute atomic E-state index is 0.0255. The van der Waals surface area contributed by atoms with Crippen LogP contribution in [0.5, 0.6) is 11.5 Å². The van der Waals surface area contributed by atoms with E-state index in [4.69, 9.17) is 21.7 Å². The van der Waals surface area contributed by atoms with Crippen molar-refractivity contribution in [2.45, 2.75) is 6.92 Å². The van der Waals surface area contributed by atoms with E-state index in [9.17, 15) is 9.59 Å². The number of carbonyl (C=O) groups is 2. The normalized spacial score (nSPS) is 15.6. The van der Waals surface area contributed by atoms with Gasteiger partial charge in [0.2, 0.25) is 0 Å². The Morgan fingerprint density at radius 3 is 2.54 bits per heavy atom. The van der Waals surface area contributed by atoms with E-state index in [0.29, 0.717) is 29.4 Å². The third-order valence-electron chi connectivity index (χ3n) is 4.00. The lowest BCUT2D eigenvalue weighted by atomic mass is 10.1. The smallest absolute Gasteiger partial charge is 0.270 e. The average Bonchev–Trinajstić information content (AvgIpc) is 2.67. The van der Waals surface area contributed by atoms with Crippen LogP contribution in [0.15, 0.2) is 52.5 Å². The number of anilines is 1. The predicted molar refractivity (Wildman–Crippen MR) is 115 cm³/mol. The third kappa shape index (κ3) is 4.07. The molecule has 2 aromatic rings. The second kappa shape index (κ2) is 8.53. The molecule has 0 bridgehead atoms. The highest BCUT2D eigenvalue weighted by Crippen LogP contribution is 2.28. The molecule has 0 saturated carbocycles. The molecule has 28 heavy (non-hydrogen) atoms. The van der Waals surface area contributed by atoms with Gasteiger partial charge in [-0.3, -0.25) is 19.8 Å². The molecule has 0 atom stereocenters. The topological polar surface area (TPSA) is 67.9 Å². The molecule has 2 aromatic carbocycles. The maximum Gasteiger partial charge on any atom is 0.270 e. The summed E-state index contributed by atoms with van der Waals surface area (Å²) in [6, 6.07) is 12.2. The summed E-state index contributed by atoms with van der Waals surface area (Å²) >= 11 is 8.60. The number of thiocarbonyl (C=S) groups is 1. The fourth-order valence-electron chi connectivity index (χ4n) is 2.72. The number of carbonyl (C=O) groups excluding carboxylic acids is 2. The molecule has 144 valence electrons. The van der Waals surface area contributed by atoms with Crippen LogP contribution in [0, 0.1) is 0 Å². The van der Waals surface area contributed by atoms with Gasteiger partial charge in [0, 0.05) is 10.0 Å². The first-order chi connectivity index (χ1) is 13.4. The van der Waals surface area contributed by atoms with E-state index in [2.05, 4.69) is 21.2 Å². The number of rotatable bonds is 5. The van der Waals surface area contributed by atoms with Gasteiger partial charge in [-0.2, -0.15) is 0 Å². The second-order valence-electron chi connectivity index (χ2n) is 5.77. The van der Waals surface area contributed by atoms with Crippen LogP contribution >= 0.6 is 28.1 Å². The van der Waals surface area contributed by atoms with Crippen molar-refractivity contribution in [3.8, 4) is 11.5 Å². The van der Waals surface area contributed by atoms with Gasteiger partial charge in [0.25, 0.3) is 11.8 Å². The molecule has 3 rings (SSSR count). The monoisotopic (exact) mass is 460 g/mol. The molecule has 1 N–H and O–H groups in total. The first kappa shape index (κ1) is 20.0. The molecule has 2 amide bonds. The molecule has 1 aliphatic heterocycles. The fourth-order valence-corrected chi connectivity index (χ4v) is 3.38. The number of methoxy groups -OCH3 is 1. The lowest BCUT2D eigenvalue weighted by Crippen LogP contribution is -2.54. The number of nitrogens with one attached hydrogen (secondary N) is 1. The van der Waals surface area contributed by atoms with E-state index in [0.717, 1.165) is 4.47 Å². The van der Waals surface area contributed by atoms with Crippen molar-refractivity contribution in [3.63, 3.8) is 0 Å². The van der Waals surface area contributed by atoms with Crippen LogP contribution in [0.2, 0.25) is 0 Å². The summed E-state index contributed by atoms with van der Waals surface area (Å²) in [5.41, 5.74) is 1.08. The summed E-state index contributed by atoms with van der Waals surface area (Å²) in [6.07, 6.45) is 1.49. The molecular weight excluding hydrogens is 444 g/mol. The van der Waals surface area contributed by atoms with Gasteiger partial charge in [-0.25, -0.2) is 0 Å². The van der Waals surface area contributed by atoms with Gasteiger partial charge in [-0.1, -0.05) is 15.9 Å². The first-order valence-electron chi connectivity index (χ1n) is 8.42. The van der Waals surface area contributed by atoms with Gasteiger partial charge in [0.1, 0.15) is 17.1 Å². The molecule has 0 aliphatic carbocycles. The van der Waals surface area contributed by atoms with Gasteiger partial charge in [-0.15, -0.1) is 0 Å². The summed E-state index contributed by atoms with van der Waals surface area (Å²) in [5.74, 6) is 0.150. The highest BCUT2D eigenvalue weighted by molar-refractivity contribution is 9.10. The lowest BCUT2D eigenvalue weighted by molar-refractivity contribution is -0.122. The van der Waals surface area contributed by atoms with E-state index < -0.39 is 11.8 Å². The third-order valence-corrected chi connectivity index (χ3v) is 4.78. The Balaban J connectivity index is 1.99. The fraction of sp³-hybridized carbons (Fsp3) is 0.150. The Morgan fingerprint density at radius 2 is 1.89 bits per heavy atom. The molecule has 0 unspecified atom stereocenters. The van der Waals surface area contributed by atoms with E-state index in [1.54, 1.807) is 36.4 Å². The van der Waals surface area contributed by atoms with Crippen molar-refractivity contribution in [2.24, 2.45) is 0 Å². The van der Waals surface area contributed by atoms with Crippen molar-refractivity contribution in [1.82, 2.24) is 5.32 Å². The molecule has 1 saturated heterocycles. The van der Waals surface area contributed by atoms with Crippen LogP contribution in [0.4, 0.5) is 5.69 Å². The Bertz CT molecular complexity index is 973. The van der Waals surface area contributed by atoms with Crippen molar-refractivity contribution >= 4 is 56.8 Å². The predicted octanol–water partition coefficient (Wildman–Crippen LogP) is 3.69. The van der Waals surface area contributed by atoms with Crippen LogP contribution in [0.1, 0.15) is 12.5 Å². The van der Waals surface area contributed by atoms with Crippen molar-refractivity contribution in [1.29, 1.82) is 0 Å². The number of hydrogen-bond donors (Lipinski definition) is 1. The largest absolute Gasteiger partial charge is 0.496 e. The van der Waals surface area contributed by atoms with Crippen LogP contribution in [-0.2, 0) is 9.59 Å². The van der Waals surface area contributed by atoms with Crippen LogP contribution in [0.25, 0.3) is 6.08 Å². The minimum Gasteiger partial charge on any atom is -0.496 e. The van der Waals surface area contributed by atoms with Crippen molar-refractivity contribution in [2.75, 3.05) is 18.6 Å². The number of amides is 2. The quantitative estimate of drug-likeness (QED) is 0.418. The molecule has 8 heteroatoms. The zero-order chi connectivity index (χ0) is 20.3. The highest BCUT2D eigenvalue weighted by atomic mass is 79.9. The maximum absolute atomic E-state index is 13.1. The number of halogens is 1. The van der Waals surface area contributed by atoms with Crippen molar-refractivity contribution < 1.29 is 19.1 Å². The molecule has 0 aromatic heterocycles. The molecule has 0 radical (unpaired) electrons. The Labute approximate surface area is 176 Å². The molecule has 6 nitrogen and oxygen atoms in total. The van der Waals surface area contributed by atoms with Gasteiger partial charge in [0.15, 0.2) is 5.11 Å². The maximum atomic E-state index is 13.1. The summed E-state index contributed by atoms with van der Waals surface area (Å²) in [5, 5.41) is 2.59. The standard InChI is InChI=1S/C20H17BrN2O4S/c1-3-27-15-7-5-14(6-8-15)23-19(25)16(18(24)22-20(23)28)11-12-10-13(21)4-9-17(12)26-2/h4-11H,3H2,1-2H3,(H,22,24,28)/b16-11-. The number of nitrogens with zero attached hydrogens (tertiary/aromatic N) is 1. The van der Waals surface area contributed by atoms with Gasteiger partial charge in [0.05, 0.1) is 19.4 Å². The van der Waals surface area contributed by atoms with E-state index in [1.807, 2.05) is 13.0 Å². The minimum atomic E-state index is -0.556. The summed E-state index contributed by atoms with van der Waals surface area (Å²) in [7, 11) is 1.52. The molecule has 1 aliphatic rings. The van der Waals surface area contributed by atoms with Gasteiger partial charge >= 0.3 is 0 Å². The first-order valence-corrected chi connectivity index (χ1v) is 9.62. The molecule has 1 fully saturated rings. The van der Waals surface area contributed by atoms with Crippen molar-refractivity contribution in [3.05, 3.63) is 58.1 Å². The Morgan fingerprint density at radius 1 is 1.18 bits per heavy atom. The van der Waals surface area contributed by atoms with Crippen LogP contribution in [0.3, 0.4) is 0 Å². The number of ether oxygens (including phenoxy) is 2. The highest BCUT2D eigenvalue weighted by Gasteiger charge is 2.34. The molecular formula is C20H17BrN2O4S. The number of hydrogen-bond acceptors (Lipinski definition) is 5. The van der Waals surface area contributed by atoms with E-state index in [-0.39, 0.29) is 10.7 Å². The van der Waals surface area contributed by atoms with Gasteiger partial charge < -0.3 is 9.47 Å².